The molecular formula is C19H24N2O2. The topological polar surface area (TPSA) is 45.6 Å². The Morgan fingerprint density at radius 1 is 1.17 bits per heavy atom. The van der Waals surface area contributed by atoms with Crippen LogP contribution >= 0.6 is 0 Å². The van der Waals surface area contributed by atoms with E-state index in [1.807, 2.05) is 30.5 Å². The number of benzene rings is 1. The molecule has 2 atom stereocenters. The molecule has 0 spiro atoms. The van der Waals surface area contributed by atoms with Crippen molar-refractivity contribution in [2.24, 2.45) is 0 Å². The van der Waals surface area contributed by atoms with Gasteiger partial charge in [0.15, 0.2) is 0 Å². The molecule has 1 saturated heterocycles. The number of hydrogen-bond donors (Lipinski definition) is 1. The van der Waals surface area contributed by atoms with Crippen LogP contribution in [0.3, 0.4) is 0 Å². The van der Waals surface area contributed by atoms with Crippen molar-refractivity contribution in [2.45, 2.75) is 38.0 Å². The van der Waals surface area contributed by atoms with E-state index < -0.39 is 0 Å². The molecule has 0 amide bonds. The molecule has 1 aliphatic rings. The SMILES string of the molecule is CN(Cc1cccnc1)C[C@@H]1CC[C@H](Cc2cccc(O)c2)O1. The summed E-state index contributed by atoms with van der Waals surface area (Å²) in [6.07, 6.45) is 7.32. The van der Waals surface area contributed by atoms with Gasteiger partial charge in [-0.15, -0.1) is 0 Å². The Hall–Kier alpha value is -1.91. The average Bonchev–Trinajstić information content (AvgIpc) is 2.95. The maximum Gasteiger partial charge on any atom is 0.115 e. The van der Waals surface area contributed by atoms with Crippen molar-refractivity contribution < 1.29 is 9.84 Å². The van der Waals surface area contributed by atoms with Crippen LogP contribution in [0.15, 0.2) is 48.8 Å². The first kappa shape index (κ1) is 16.0. The highest BCUT2D eigenvalue weighted by Gasteiger charge is 2.26. The Bertz CT molecular complexity index is 618. The molecule has 0 unspecified atom stereocenters. The number of rotatable bonds is 6. The fraction of sp³-hybridized carbons (Fsp3) is 0.421. The number of aromatic nitrogens is 1. The summed E-state index contributed by atoms with van der Waals surface area (Å²) in [4.78, 5) is 6.45. The Labute approximate surface area is 137 Å². The second-order valence-corrected chi connectivity index (χ2v) is 6.39. The van der Waals surface area contributed by atoms with Gasteiger partial charge in [-0.05, 0) is 55.6 Å². The molecule has 4 nitrogen and oxygen atoms in total. The zero-order chi connectivity index (χ0) is 16.1. The Balaban J connectivity index is 1.46. The van der Waals surface area contributed by atoms with Crippen molar-refractivity contribution >= 4 is 0 Å². The van der Waals surface area contributed by atoms with Gasteiger partial charge in [0.2, 0.25) is 0 Å². The molecule has 3 rings (SSSR count). The standard InChI is InChI=1S/C19H24N2O2/c1-21(13-16-5-3-9-20-12-16)14-19-8-7-18(23-19)11-15-4-2-6-17(22)10-15/h2-6,9-10,12,18-19,22H,7-8,11,13-14H2,1H3/t18-,19+/m1/s1. The van der Waals surface area contributed by atoms with Crippen LogP contribution in [-0.2, 0) is 17.7 Å². The van der Waals surface area contributed by atoms with Gasteiger partial charge >= 0.3 is 0 Å². The van der Waals surface area contributed by atoms with E-state index in [-0.39, 0.29) is 6.10 Å². The van der Waals surface area contributed by atoms with Crippen LogP contribution in [0.25, 0.3) is 0 Å². The molecule has 1 N–H and O–H groups in total. The Morgan fingerprint density at radius 2 is 2.00 bits per heavy atom. The summed E-state index contributed by atoms with van der Waals surface area (Å²) in [5, 5.41) is 9.55. The van der Waals surface area contributed by atoms with E-state index >= 15 is 0 Å². The number of aromatic hydroxyl groups is 1. The third-order valence-electron chi connectivity index (χ3n) is 4.26. The molecule has 122 valence electrons. The Kier molecular flexibility index (Phi) is 5.26. The second kappa shape index (κ2) is 7.57. The van der Waals surface area contributed by atoms with Gasteiger partial charge in [-0.3, -0.25) is 9.88 Å². The maximum atomic E-state index is 9.55. The number of likely N-dealkylation sites (N-methyl/N-ethyl adjacent to an activating group) is 1. The molecule has 0 saturated carbocycles. The summed E-state index contributed by atoms with van der Waals surface area (Å²) >= 11 is 0. The third-order valence-corrected chi connectivity index (χ3v) is 4.26. The first-order valence-corrected chi connectivity index (χ1v) is 8.20. The Morgan fingerprint density at radius 3 is 2.78 bits per heavy atom. The number of phenols is 1. The number of hydrogen-bond acceptors (Lipinski definition) is 4. The molecule has 1 aromatic carbocycles. The van der Waals surface area contributed by atoms with E-state index in [0.29, 0.717) is 11.9 Å². The third kappa shape index (κ3) is 4.78. The average molecular weight is 312 g/mol. The first-order valence-electron chi connectivity index (χ1n) is 8.20. The monoisotopic (exact) mass is 312 g/mol. The maximum absolute atomic E-state index is 9.55. The van der Waals surface area contributed by atoms with Crippen molar-refractivity contribution in [2.75, 3.05) is 13.6 Å². The molecule has 2 aromatic rings. The molecule has 0 radical (unpaired) electrons. The minimum absolute atomic E-state index is 0.258. The second-order valence-electron chi connectivity index (χ2n) is 6.39. The molecule has 1 aromatic heterocycles. The van der Waals surface area contributed by atoms with Crippen LogP contribution in [0.4, 0.5) is 0 Å². The lowest BCUT2D eigenvalue weighted by Gasteiger charge is -2.21. The lowest BCUT2D eigenvalue weighted by atomic mass is 10.1. The van der Waals surface area contributed by atoms with Gasteiger partial charge in [-0.2, -0.15) is 0 Å². The van der Waals surface area contributed by atoms with E-state index in [4.69, 9.17) is 4.74 Å². The molecule has 1 fully saturated rings. The van der Waals surface area contributed by atoms with Gasteiger partial charge in [0.1, 0.15) is 5.75 Å². The summed E-state index contributed by atoms with van der Waals surface area (Å²) in [5.41, 5.74) is 2.36. The largest absolute Gasteiger partial charge is 0.508 e. The zero-order valence-corrected chi connectivity index (χ0v) is 13.6. The number of ether oxygens (including phenoxy) is 1. The van der Waals surface area contributed by atoms with Gasteiger partial charge < -0.3 is 9.84 Å². The normalized spacial score (nSPS) is 21.0. The molecule has 4 heteroatoms. The van der Waals surface area contributed by atoms with E-state index in [9.17, 15) is 5.11 Å². The van der Waals surface area contributed by atoms with Crippen LogP contribution in [0, 0.1) is 0 Å². The van der Waals surface area contributed by atoms with Crippen molar-refractivity contribution in [3.05, 3.63) is 59.9 Å². The summed E-state index contributed by atoms with van der Waals surface area (Å²) in [5.74, 6) is 0.327. The van der Waals surface area contributed by atoms with Gasteiger partial charge in [0, 0.05) is 25.5 Å². The molecule has 23 heavy (non-hydrogen) atoms. The van der Waals surface area contributed by atoms with Crippen LogP contribution in [0.5, 0.6) is 5.75 Å². The number of pyridine rings is 1. The lowest BCUT2D eigenvalue weighted by Crippen LogP contribution is -2.29. The predicted octanol–water partition coefficient (Wildman–Crippen LogP) is 3.01. The predicted molar refractivity (Wildman–Crippen MR) is 90.3 cm³/mol. The highest BCUT2D eigenvalue weighted by atomic mass is 16.5. The van der Waals surface area contributed by atoms with E-state index in [1.165, 1.54) is 5.56 Å². The molecule has 1 aliphatic heterocycles. The lowest BCUT2D eigenvalue weighted by molar-refractivity contribution is 0.0267. The fourth-order valence-corrected chi connectivity index (χ4v) is 3.23. The van der Waals surface area contributed by atoms with Crippen molar-refractivity contribution in [3.63, 3.8) is 0 Å². The minimum atomic E-state index is 0.258. The van der Waals surface area contributed by atoms with E-state index in [1.54, 1.807) is 12.3 Å². The zero-order valence-electron chi connectivity index (χ0n) is 13.6. The van der Waals surface area contributed by atoms with Crippen LogP contribution in [0.1, 0.15) is 24.0 Å². The van der Waals surface area contributed by atoms with Gasteiger partial charge in [-0.25, -0.2) is 0 Å². The van der Waals surface area contributed by atoms with Crippen molar-refractivity contribution in [3.8, 4) is 5.75 Å². The molecule has 2 heterocycles. The van der Waals surface area contributed by atoms with Crippen LogP contribution < -0.4 is 0 Å². The van der Waals surface area contributed by atoms with Gasteiger partial charge in [-0.1, -0.05) is 18.2 Å². The summed E-state index contributed by atoms with van der Waals surface area (Å²) in [6.45, 7) is 1.83. The van der Waals surface area contributed by atoms with Crippen LogP contribution in [0.2, 0.25) is 0 Å². The van der Waals surface area contributed by atoms with E-state index in [2.05, 4.69) is 23.0 Å². The highest BCUT2D eigenvalue weighted by molar-refractivity contribution is 5.27. The van der Waals surface area contributed by atoms with Gasteiger partial charge in [0.25, 0.3) is 0 Å². The number of nitrogens with zero attached hydrogens (tertiary/aromatic N) is 2. The molecule has 0 bridgehead atoms. The molecular weight excluding hydrogens is 288 g/mol. The fourth-order valence-electron chi connectivity index (χ4n) is 3.23. The van der Waals surface area contributed by atoms with E-state index in [0.717, 1.165) is 37.9 Å². The summed E-state index contributed by atoms with van der Waals surface area (Å²) in [7, 11) is 2.12. The van der Waals surface area contributed by atoms with Crippen LogP contribution in [-0.4, -0.2) is 40.8 Å². The van der Waals surface area contributed by atoms with Crippen molar-refractivity contribution in [1.29, 1.82) is 0 Å². The quantitative estimate of drug-likeness (QED) is 0.890. The minimum Gasteiger partial charge on any atom is -0.508 e. The highest BCUT2D eigenvalue weighted by Crippen LogP contribution is 2.24. The smallest absolute Gasteiger partial charge is 0.115 e. The van der Waals surface area contributed by atoms with Crippen molar-refractivity contribution in [1.82, 2.24) is 9.88 Å². The first-order chi connectivity index (χ1) is 11.2. The summed E-state index contributed by atoms with van der Waals surface area (Å²) in [6, 6.07) is 11.5. The molecule has 0 aliphatic carbocycles. The summed E-state index contributed by atoms with van der Waals surface area (Å²) < 4.78 is 6.17. The number of phenolic OH excluding ortho intramolecular Hbond substituents is 1. The van der Waals surface area contributed by atoms with Gasteiger partial charge in [0.05, 0.1) is 12.2 Å².